The Bertz CT molecular complexity index is 2210. The number of imidazole rings is 1. The second-order valence-electron chi connectivity index (χ2n) is 15.1. The molecule has 22 nitrogen and oxygen atoms in total. The Morgan fingerprint density at radius 1 is 0.672 bits per heavy atom. The minimum atomic E-state index is -1.50. The summed E-state index contributed by atoms with van der Waals surface area (Å²) in [4.78, 5) is 107. The highest BCUT2D eigenvalue weighted by atomic mass is 16.4. The van der Waals surface area contributed by atoms with Crippen LogP contribution >= 0.6 is 0 Å². The third-order valence-electron chi connectivity index (χ3n) is 10.1. The minimum Gasteiger partial charge on any atom is -0.481 e. The van der Waals surface area contributed by atoms with E-state index < -0.39 is 84.1 Å². The molecule has 344 valence electrons. The van der Waals surface area contributed by atoms with Gasteiger partial charge in [-0.05, 0) is 55.8 Å². The molecule has 0 aliphatic heterocycles. The van der Waals surface area contributed by atoms with Crippen molar-refractivity contribution >= 4 is 58.3 Å². The summed E-state index contributed by atoms with van der Waals surface area (Å²) in [5.74, 6) is -7.00. The van der Waals surface area contributed by atoms with Gasteiger partial charge in [0.25, 0.3) is 0 Å². The Morgan fingerprint density at radius 2 is 1.25 bits per heavy atom. The van der Waals surface area contributed by atoms with Crippen molar-refractivity contribution in [2.24, 2.45) is 27.9 Å². The highest BCUT2D eigenvalue weighted by Gasteiger charge is 2.34. The summed E-state index contributed by atoms with van der Waals surface area (Å²) in [5, 5.41) is 33.0. The number of fused-ring (bicyclic) bond motifs is 1. The molecule has 0 radical (unpaired) electrons. The molecule has 5 amide bonds. The van der Waals surface area contributed by atoms with Crippen molar-refractivity contribution in [1.29, 1.82) is 0 Å². The van der Waals surface area contributed by atoms with Crippen LogP contribution in [0.5, 0.6) is 0 Å². The topological polar surface area (TPSA) is 381 Å². The van der Waals surface area contributed by atoms with E-state index in [1.54, 1.807) is 42.6 Å². The van der Waals surface area contributed by atoms with E-state index in [0.29, 0.717) is 36.2 Å². The van der Waals surface area contributed by atoms with Gasteiger partial charge >= 0.3 is 11.9 Å². The molecule has 0 aliphatic rings. The number of hydrogen-bond donors (Lipinski definition) is 13. The number of nitrogens with two attached hydrogens (primary N) is 4. The molecule has 22 heteroatoms. The van der Waals surface area contributed by atoms with Gasteiger partial charge in [0.2, 0.25) is 29.5 Å². The van der Waals surface area contributed by atoms with Crippen molar-refractivity contribution in [3.63, 3.8) is 0 Å². The molecular weight excluding hydrogens is 831 g/mol. The van der Waals surface area contributed by atoms with Crippen LogP contribution in [0.15, 0.2) is 78.3 Å². The Morgan fingerprint density at radius 3 is 1.88 bits per heavy atom. The van der Waals surface area contributed by atoms with E-state index in [1.807, 2.05) is 18.2 Å². The number of carboxylic acid groups (broad SMARTS) is 2. The van der Waals surface area contributed by atoms with Gasteiger partial charge in [0.05, 0.1) is 18.8 Å². The fraction of sp³-hybridized carbons (Fsp3) is 0.405. The number of rotatable bonds is 27. The predicted molar refractivity (Wildman–Crippen MR) is 235 cm³/mol. The van der Waals surface area contributed by atoms with Crippen LogP contribution in [0.2, 0.25) is 0 Å². The largest absolute Gasteiger partial charge is 0.481 e. The first kappa shape index (κ1) is 49.3. The number of aromatic nitrogens is 3. The Labute approximate surface area is 368 Å². The minimum absolute atomic E-state index is 0.0570. The van der Waals surface area contributed by atoms with Crippen LogP contribution in [-0.2, 0) is 52.8 Å². The van der Waals surface area contributed by atoms with E-state index in [0.717, 1.165) is 10.9 Å². The van der Waals surface area contributed by atoms with E-state index in [9.17, 15) is 43.8 Å². The van der Waals surface area contributed by atoms with Crippen molar-refractivity contribution < 1.29 is 43.8 Å². The molecule has 64 heavy (non-hydrogen) atoms. The molecule has 17 N–H and O–H groups in total. The Kier molecular flexibility index (Phi) is 19.2. The van der Waals surface area contributed by atoms with Crippen LogP contribution in [0.4, 0.5) is 0 Å². The lowest BCUT2D eigenvalue weighted by Crippen LogP contribution is -2.60. The number of guanidine groups is 1. The number of nitrogens with one attached hydrogen (secondary N) is 7. The number of carbonyl (C=O) groups excluding carboxylic acids is 5. The second kappa shape index (κ2) is 24.9. The van der Waals surface area contributed by atoms with Gasteiger partial charge in [-0.15, -0.1) is 0 Å². The number of para-hydroxylation sites is 1. The van der Waals surface area contributed by atoms with Gasteiger partial charge in [0, 0.05) is 54.8 Å². The van der Waals surface area contributed by atoms with Crippen LogP contribution in [0.3, 0.4) is 0 Å². The molecule has 0 fully saturated rings. The molecule has 2 aromatic heterocycles. The average molecular weight is 888 g/mol. The van der Waals surface area contributed by atoms with Gasteiger partial charge in [-0.2, -0.15) is 0 Å². The predicted octanol–water partition coefficient (Wildman–Crippen LogP) is -1.59. The van der Waals surface area contributed by atoms with Gasteiger partial charge in [0.1, 0.15) is 30.2 Å². The Hall–Kier alpha value is -7.33. The molecule has 0 saturated heterocycles. The van der Waals surface area contributed by atoms with Gasteiger partial charge in [-0.3, -0.25) is 33.8 Å². The summed E-state index contributed by atoms with van der Waals surface area (Å²) in [6.07, 6.45) is 4.58. The van der Waals surface area contributed by atoms with E-state index in [-0.39, 0.29) is 51.0 Å². The number of H-pyrrole nitrogens is 2. The molecule has 4 aromatic rings. The fourth-order valence-electron chi connectivity index (χ4n) is 6.79. The van der Waals surface area contributed by atoms with Crippen LogP contribution in [0, 0.1) is 0 Å². The van der Waals surface area contributed by atoms with E-state index in [4.69, 9.17) is 22.9 Å². The number of hydrogen-bond acceptors (Lipinski definition) is 11. The molecule has 2 aromatic carbocycles. The van der Waals surface area contributed by atoms with Crippen molar-refractivity contribution in [2.75, 3.05) is 13.1 Å². The number of benzene rings is 2. The molecule has 0 aliphatic carbocycles. The van der Waals surface area contributed by atoms with Gasteiger partial charge in [-0.25, -0.2) is 9.78 Å². The lowest BCUT2D eigenvalue weighted by atomic mass is 10.0. The van der Waals surface area contributed by atoms with E-state index in [2.05, 4.69) is 46.5 Å². The SMILES string of the molecule is NCCCC[C@H](NC(=O)[C@H](Cc1c[nH]c2ccccc12)NC(=O)[C@H](CCCN=C(N)N)NC(=O)[C@H](Cc1ccccc1)NC(=O)[C@H](Cc1cnc[nH]1)NC(=O)[C@@H](N)CC(=O)O)C(=O)O. The number of carboxylic acids is 2. The maximum atomic E-state index is 14.4. The quantitative estimate of drug-likeness (QED) is 0.0183. The first-order chi connectivity index (χ1) is 30.6. The van der Waals surface area contributed by atoms with Gasteiger partial charge in [-0.1, -0.05) is 48.5 Å². The number of aromatic amines is 2. The molecule has 6 atom stereocenters. The maximum absolute atomic E-state index is 14.4. The summed E-state index contributed by atoms with van der Waals surface area (Å²) in [7, 11) is 0. The first-order valence-corrected chi connectivity index (χ1v) is 20.7. The molecule has 0 unspecified atom stereocenters. The standard InChI is InChI=1S/C42H57N13O9/c43-15-7-6-13-31(41(63)64)52-39(61)33(18-25-21-49-29-12-5-4-11-27(25)29)55-37(59)30(14-8-16-48-42(45)46)51-38(60)32(17-24-9-2-1-3-10-24)54-40(62)34(19-26-22-47-23-50-26)53-36(58)28(44)20-35(56)57/h1-5,9-12,21-23,28,30-34,49H,6-8,13-20,43-44H2,(H,47,50)(H,51,60)(H,52,61)(H,53,58)(H,54,62)(H,55,59)(H,56,57)(H,63,64)(H4,45,46,48)/t28-,30-,31-,32-,33-,34-/m0/s1. The molecule has 4 rings (SSSR count). The highest BCUT2D eigenvalue weighted by Crippen LogP contribution is 2.20. The van der Waals surface area contributed by atoms with Gasteiger partial charge in [0.15, 0.2) is 5.96 Å². The fourth-order valence-corrected chi connectivity index (χ4v) is 6.79. The molecule has 2 heterocycles. The van der Waals surface area contributed by atoms with Gasteiger partial charge < -0.3 is 69.7 Å². The number of unbranched alkanes of at least 4 members (excludes halogenated alkanes) is 1. The van der Waals surface area contributed by atoms with Crippen molar-refractivity contribution in [2.45, 2.75) is 94.0 Å². The summed E-state index contributed by atoms with van der Waals surface area (Å²) in [6.45, 7) is 0.394. The van der Waals surface area contributed by atoms with E-state index >= 15 is 0 Å². The zero-order valence-electron chi connectivity index (χ0n) is 35.1. The molecular formula is C42H57N13O9. The summed E-state index contributed by atoms with van der Waals surface area (Å²) in [6, 6.07) is 7.72. The maximum Gasteiger partial charge on any atom is 0.326 e. The lowest BCUT2D eigenvalue weighted by molar-refractivity contribution is -0.142. The lowest BCUT2D eigenvalue weighted by Gasteiger charge is -2.27. The number of carbonyl (C=O) groups is 7. The van der Waals surface area contributed by atoms with Crippen molar-refractivity contribution in [3.8, 4) is 0 Å². The van der Waals surface area contributed by atoms with Crippen LogP contribution in [-0.4, -0.2) is 122 Å². The molecule has 0 bridgehead atoms. The highest BCUT2D eigenvalue weighted by molar-refractivity contribution is 5.97. The third kappa shape index (κ3) is 15.9. The number of aliphatic imine (C=N–C) groups is 1. The number of nitrogens with zero attached hydrogens (tertiary/aromatic N) is 2. The van der Waals surface area contributed by atoms with Crippen LogP contribution in [0.25, 0.3) is 10.9 Å². The normalized spacial score (nSPS) is 13.8. The smallest absolute Gasteiger partial charge is 0.326 e. The first-order valence-electron chi connectivity index (χ1n) is 20.7. The number of amides is 5. The number of aliphatic carboxylic acids is 2. The average Bonchev–Trinajstić information content (AvgIpc) is 3.93. The monoisotopic (exact) mass is 887 g/mol. The van der Waals surface area contributed by atoms with E-state index in [1.165, 1.54) is 12.5 Å². The third-order valence-corrected chi connectivity index (χ3v) is 10.1. The zero-order chi connectivity index (χ0) is 46.6. The van der Waals surface area contributed by atoms with Crippen molar-refractivity contribution in [3.05, 3.63) is 90.1 Å². The summed E-state index contributed by atoms with van der Waals surface area (Å²) < 4.78 is 0. The Balaban J connectivity index is 1.65. The molecule has 0 saturated carbocycles. The van der Waals surface area contributed by atoms with Crippen LogP contribution in [0.1, 0.15) is 55.3 Å². The summed E-state index contributed by atoms with van der Waals surface area (Å²) in [5.41, 5.74) is 24.9. The summed E-state index contributed by atoms with van der Waals surface area (Å²) >= 11 is 0. The second-order valence-corrected chi connectivity index (χ2v) is 15.1. The van der Waals surface area contributed by atoms with Crippen LogP contribution < -0.4 is 49.5 Å². The zero-order valence-corrected chi connectivity index (χ0v) is 35.1. The molecule has 0 spiro atoms. The van der Waals surface area contributed by atoms with Crippen molar-refractivity contribution in [1.82, 2.24) is 41.5 Å².